The number of amides is 2. The summed E-state index contributed by atoms with van der Waals surface area (Å²) in [6.45, 7) is 4.03. The molecule has 1 saturated carbocycles. The van der Waals surface area contributed by atoms with Crippen LogP contribution in [0.2, 0.25) is 0 Å². The molecule has 3 aliphatic rings. The Labute approximate surface area is 194 Å². The van der Waals surface area contributed by atoms with Crippen LogP contribution in [0.1, 0.15) is 23.7 Å². The number of nitrogens with one attached hydrogen (secondary N) is 2. The van der Waals surface area contributed by atoms with E-state index in [1.165, 1.54) is 4.90 Å². The van der Waals surface area contributed by atoms with Crippen LogP contribution in [0.15, 0.2) is 30.5 Å². The first-order valence-electron chi connectivity index (χ1n) is 11.3. The van der Waals surface area contributed by atoms with Crippen LogP contribution in [0.25, 0.3) is 0 Å². The first-order chi connectivity index (χ1) is 16.3. The Bertz CT molecular complexity index is 1120. The van der Waals surface area contributed by atoms with Gasteiger partial charge in [-0.3, -0.25) is 9.59 Å². The zero-order valence-electron chi connectivity index (χ0n) is 18.6. The lowest BCUT2D eigenvalue weighted by molar-refractivity contribution is -0.134. The number of benzene rings is 1. The van der Waals surface area contributed by atoms with Gasteiger partial charge in [0, 0.05) is 51.0 Å². The van der Waals surface area contributed by atoms with E-state index in [-0.39, 0.29) is 35.9 Å². The number of nitrogens with zero attached hydrogens (tertiary/aromatic N) is 4. The number of para-hydroxylation sites is 1. The number of hydrogen-bond donors (Lipinski definition) is 2. The molecule has 3 atom stereocenters. The lowest BCUT2D eigenvalue weighted by Crippen LogP contribution is -2.35. The molecule has 1 aromatic carbocycles. The molecule has 1 aliphatic carbocycles. The molecule has 180 valence electrons. The van der Waals surface area contributed by atoms with E-state index in [0.29, 0.717) is 44.0 Å². The van der Waals surface area contributed by atoms with E-state index in [1.807, 2.05) is 6.92 Å². The van der Waals surface area contributed by atoms with Gasteiger partial charge in [0.05, 0.1) is 17.4 Å². The number of rotatable bonds is 6. The summed E-state index contributed by atoms with van der Waals surface area (Å²) in [5, 5.41) is 5.75. The molecule has 2 saturated heterocycles. The fourth-order valence-electron chi connectivity index (χ4n) is 4.85. The molecule has 3 fully saturated rings. The van der Waals surface area contributed by atoms with Crippen LogP contribution in [0, 0.1) is 23.6 Å². The van der Waals surface area contributed by atoms with Crippen molar-refractivity contribution in [3.63, 3.8) is 0 Å². The van der Waals surface area contributed by atoms with Gasteiger partial charge in [0.15, 0.2) is 11.6 Å². The normalized spacial score (nSPS) is 24.6. The van der Waals surface area contributed by atoms with E-state index in [9.17, 15) is 22.8 Å². The monoisotopic (exact) mass is 474 g/mol. The number of hydrogen-bond acceptors (Lipinski definition) is 6. The van der Waals surface area contributed by atoms with Gasteiger partial charge in [-0.05, 0) is 19.1 Å². The summed E-state index contributed by atoms with van der Waals surface area (Å²) < 4.78 is 41.2. The fourth-order valence-corrected chi connectivity index (χ4v) is 4.85. The molecule has 1 unspecified atom stereocenters. The minimum atomic E-state index is -2.87. The van der Waals surface area contributed by atoms with Gasteiger partial charge in [-0.2, -0.15) is 4.98 Å². The lowest BCUT2D eigenvalue weighted by atomic mass is 10.0. The van der Waals surface area contributed by atoms with E-state index >= 15 is 0 Å². The van der Waals surface area contributed by atoms with Crippen LogP contribution in [-0.4, -0.2) is 65.3 Å². The molecule has 1 aromatic heterocycles. The second kappa shape index (κ2) is 8.44. The third-order valence-electron chi connectivity index (χ3n) is 6.70. The van der Waals surface area contributed by atoms with Gasteiger partial charge in [0.25, 0.3) is 11.8 Å². The van der Waals surface area contributed by atoms with Crippen molar-refractivity contribution in [1.29, 1.82) is 0 Å². The molecular formula is C23H25F3N6O2. The van der Waals surface area contributed by atoms with Crippen LogP contribution < -0.4 is 15.5 Å². The molecule has 8 nitrogen and oxygen atoms in total. The Hall–Kier alpha value is -3.37. The quantitative estimate of drug-likeness (QED) is 0.669. The maximum atomic E-state index is 14.6. The van der Waals surface area contributed by atoms with Gasteiger partial charge in [-0.25, -0.2) is 18.2 Å². The molecule has 34 heavy (non-hydrogen) atoms. The van der Waals surface area contributed by atoms with Crippen LogP contribution in [-0.2, 0) is 4.79 Å². The summed E-state index contributed by atoms with van der Waals surface area (Å²) in [5.41, 5.74) is 0.913. The molecule has 0 radical (unpaired) electrons. The lowest BCUT2D eigenvalue weighted by Gasteiger charge is -2.23. The van der Waals surface area contributed by atoms with Crippen LogP contribution >= 0.6 is 0 Å². The zero-order chi connectivity index (χ0) is 24.0. The van der Waals surface area contributed by atoms with E-state index in [4.69, 9.17) is 0 Å². The highest BCUT2D eigenvalue weighted by Gasteiger charge is 2.63. The van der Waals surface area contributed by atoms with Crippen molar-refractivity contribution in [3.8, 4) is 0 Å². The highest BCUT2D eigenvalue weighted by molar-refractivity contribution is 6.00. The van der Waals surface area contributed by atoms with Crippen LogP contribution in [0.5, 0.6) is 0 Å². The van der Waals surface area contributed by atoms with E-state index in [0.717, 1.165) is 6.20 Å². The van der Waals surface area contributed by atoms with Gasteiger partial charge in [-0.1, -0.05) is 12.1 Å². The van der Waals surface area contributed by atoms with Crippen LogP contribution in [0.3, 0.4) is 0 Å². The van der Waals surface area contributed by atoms with Crippen molar-refractivity contribution in [2.45, 2.75) is 19.3 Å². The Morgan fingerprint density at radius 3 is 2.47 bits per heavy atom. The van der Waals surface area contributed by atoms with E-state index in [2.05, 4.69) is 20.6 Å². The van der Waals surface area contributed by atoms with Crippen molar-refractivity contribution in [2.75, 3.05) is 42.9 Å². The van der Waals surface area contributed by atoms with Gasteiger partial charge in [-0.15, -0.1) is 0 Å². The Kier molecular flexibility index (Phi) is 5.57. The van der Waals surface area contributed by atoms with Crippen molar-refractivity contribution in [2.24, 2.45) is 17.8 Å². The van der Waals surface area contributed by atoms with Gasteiger partial charge in [0.1, 0.15) is 5.92 Å². The number of fused-ring (bicyclic) bond motifs is 1. The zero-order valence-corrected chi connectivity index (χ0v) is 18.6. The molecule has 0 spiro atoms. The summed E-state index contributed by atoms with van der Waals surface area (Å²) in [6.07, 6.45) is 0.716. The second-order valence-electron chi connectivity index (χ2n) is 9.08. The Morgan fingerprint density at radius 2 is 1.82 bits per heavy atom. The number of anilines is 3. The molecule has 2 amide bonds. The number of likely N-dealkylation sites (tertiary alicyclic amines) is 1. The standard InChI is InChI=1S/C23H25F3N6O2/c1-2-27-20(33)15-5-3-4-6-18(15)29-22-28-8-17(24)19(30-22)31-9-13-11-32(12-14(13)10-31)21(34)16-7-23(16,25)26/h3-6,8,13-14,16H,2,7,9-12H2,1H3,(H,27,33)(H,28,29,30)/t13-,14+,16?. The highest BCUT2D eigenvalue weighted by atomic mass is 19.3. The van der Waals surface area contributed by atoms with Crippen molar-refractivity contribution < 1.29 is 22.8 Å². The topological polar surface area (TPSA) is 90.5 Å². The van der Waals surface area contributed by atoms with Crippen molar-refractivity contribution in [1.82, 2.24) is 20.2 Å². The summed E-state index contributed by atoms with van der Waals surface area (Å²) in [6, 6.07) is 6.89. The molecule has 3 heterocycles. The maximum absolute atomic E-state index is 14.6. The Balaban J connectivity index is 1.27. The average Bonchev–Trinajstić information content (AvgIpc) is 3.10. The SMILES string of the molecule is CCNC(=O)c1ccccc1Nc1ncc(F)c(N2C[C@H]3CN(C(=O)C4CC4(F)F)C[C@H]3C2)n1. The molecular weight excluding hydrogens is 449 g/mol. The first kappa shape index (κ1) is 22.4. The Morgan fingerprint density at radius 1 is 1.15 bits per heavy atom. The maximum Gasteiger partial charge on any atom is 0.260 e. The summed E-state index contributed by atoms with van der Waals surface area (Å²) in [4.78, 5) is 36.3. The van der Waals surface area contributed by atoms with Gasteiger partial charge in [0.2, 0.25) is 11.9 Å². The predicted molar refractivity (Wildman–Crippen MR) is 119 cm³/mol. The highest BCUT2D eigenvalue weighted by Crippen LogP contribution is 2.50. The van der Waals surface area contributed by atoms with Crippen LogP contribution in [0.4, 0.5) is 30.6 Å². The fraction of sp³-hybridized carbons (Fsp3) is 0.478. The summed E-state index contributed by atoms with van der Waals surface area (Å²) in [7, 11) is 0. The minimum Gasteiger partial charge on any atom is -0.353 e. The summed E-state index contributed by atoms with van der Waals surface area (Å²) in [5.74, 6) is -4.93. The average molecular weight is 474 g/mol. The number of alkyl halides is 2. The first-order valence-corrected chi connectivity index (χ1v) is 11.3. The van der Waals surface area contributed by atoms with Crippen molar-refractivity contribution in [3.05, 3.63) is 41.8 Å². The molecule has 2 N–H and O–H groups in total. The minimum absolute atomic E-state index is 0.0700. The van der Waals surface area contributed by atoms with Gasteiger partial charge < -0.3 is 20.4 Å². The van der Waals surface area contributed by atoms with E-state index in [1.54, 1.807) is 29.2 Å². The van der Waals surface area contributed by atoms with E-state index < -0.39 is 23.6 Å². The van der Waals surface area contributed by atoms with Crippen molar-refractivity contribution >= 4 is 29.3 Å². The smallest absolute Gasteiger partial charge is 0.260 e. The number of carbonyl (C=O) groups is 2. The molecule has 2 aliphatic heterocycles. The van der Waals surface area contributed by atoms with Gasteiger partial charge >= 0.3 is 0 Å². The molecule has 11 heteroatoms. The molecule has 2 aromatic rings. The predicted octanol–water partition coefficient (Wildman–Crippen LogP) is 2.66. The molecule has 5 rings (SSSR count). The third-order valence-corrected chi connectivity index (χ3v) is 6.70. The summed E-state index contributed by atoms with van der Waals surface area (Å²) >= 11 is 0. The number of aromatic nitrogens is 2. The number of carbonyl (C=O) groups excluding carboxylic acids is 2. The molecule has 0 bridgehead atoms. The third kappa shape index (κ3) is 4.14. The largest absolute Gasteiger partial charge is 0.353 e. The number of halogens is 3. The second-order valence-corrected chi connectivity index (χ2v) is 9.08.